The molecule has 4 nitrogen and oxygen atoms in total. The van der Waals surface area contributed by atoms with Gasteiger partial charge in [0.25, 0.3) is 0 Å². The van der Waals surface area contributed by atoms with Crippen molar-refractivity contribution in [3.8, 4) is 17.2 Å². The van der Waals surface area contributed by atoms with Gasteiger partial charge in [0.15, 0.2) is 17.3 Å². The second-order valence-corrected chi connectivity index (χ2v) is 6.66. The molecule has 24 heavy (non-hydrogen) atoms. The Labute approximate surface area is 149 Å². The van der Waals surface area contributed by atoms with E-state index in [4.69, 9.17) is 21.1 Å². The third-order valence-corrected chi connectivity index (χ3v) is 5.06. The van der Waals surface area contributed by atoms with Crippen LogP contribution in [0.4, 0.5) is 0 Å². The van der Waals surface area contributed by atoms with E-state index in [2.05, 4.69) is 0 Å². The van der Waals surface area contributed by atoms with Crippen molar-refractivity contribution in [1.82, 2.24) is 0 Å². The number of rotatable bonds is 3. The molecule has 1 N–H and O–H groups in total. The first-order valence-corrected chi connectivity index (χ1v) is 8.52. The molecule has 0 saturated heterocycles. The fraction of sp³-hybridized carbons (Fsp3) is 0.167. The predicted octanol–water partition coefficient (Wildman–Crippen LogP) is 4.43. The summed E-state index contributed by atoms with van der Waals surface area (Å²) in [6.45, 7) is 0. The second-order valence-electron chi connectivity index (χ2n) is 5.20. The van der Waals surface area contributed by atoms with Gasteiger partial charge in [-0.3, -0.25) is 4.79 Å². The summed E-state index contributed by atoms with van der Waals surface area (Å²) in [7, 11) is 2.93. The molecule has 1 heterocycles. The first-order chi connectivity index (χ1) is 11.5. The van der Waals surface area contributed by atoms with Crippen molar-refractivity contribution in [2.45, 2.75) is 4.90 Å². The summed E-state index contributed by atoms with van der Waals surface area (Å²) in [5.41, 5.74) is 1.99. The standard InChI is InChI=1S/C18H15ClO4S/c1-22-14-6-10(7-15(23-2)18(14)21)5-11-9-24-16-4-3-12(19)8-13(16)17(11)20/h3-8,21H,9H2,1-2H3. The fourth-order valence-corrected chi connectivity index (χ4v) is 3.67. The molecule has 0 atom stereocenters. The molecular weight excluding hydrogens is 348 g/mol. The van der Waals surface area contributed by atoms with Crippen LogP contribution in [-0.4, -0.2) is 30.9 Å². The molecule has 0 aromatic heterocycles. The van der Waals surface area contributed by atoms with Crippen molar-refractivity contribution in [2.24, 2.45) is 0 Å². The van der Waals surface area contributed by atoms with E-state index in [1.54, 1.807) is 42.1 Å². The van der Waals surface area contributed by atoms with E-state index in [0.717, 1.165) is 10.5 Å². The number of phenolic OH excluding ortho intramolecular Hbond substituents is 1. The maximum Gasteiger partial charge on any atom is 0.200 e. The topological polar surface area (TPSA) is 55.8 Å². The Balaban J connectivity index is 2.02. The molecule has 0 saturated carbocycles. The lowest BCUT2D eigenvalue weighted by Gasteiger charge is -2.17. The molecule has 2 aromatic rings. The highest BCUT2D eigenvalue weighted by Crippen LogP contribution is 2.39. The number of Topliss-reactive ketones (excluding diaryl/α,β-unsaturated/α-hetero) is 1. The summed E-state index contributed by atoms with van der Waals surface area (Å²) >= 11 is 7.60. The Hall–Kier alpha value is -2.11. The number of halogens is 1. The number of aromatic hydroxyl groups is 1. The average Bonchev–Trinajstić information content (AvgIpc) is 2.59. The summed E-state index contributed by atoms with van der Waals surface area (Å²) < 4.78 is 10.3. The number of methoxy groups -OCH3 is 2. The number of fused-ring (bicyclic) bond motifs is 1. The minimum atomic E-state index is -0.0661. The van der Waals surface area contributed by atoms with Crippen LogP contribution in [0.5, 0.6) is 17.2 Å². The number of thioether (sulfide) groups is 1. The van der Waals surface area contributed by atoms with Gasteiger partial charge in [0.2, 0.25) is 5.75 Å². The first-order valence-electron chi connectivity index (χ1n) is 7.16. The highest BCUT2D eigenvalue weighted by molar-refractivity contribution is 7.99. The maximum absolute atomic E-state index is 12.7. The van der Waals surface area contributed by atoms with Crippen LogP contribution in [0.2, 0.25) is 5.02 Å². The summed E-state index contributed by atoms with van der Waals surface area (Å²) in [5, 5.41) is 10.5. The molecule has 0 unspecified atom stereocenters. The zero-order chi connectivity index (χ0) is 17.3. The normalized spacial score (nSPS) is 15.3. The third-order valence-electron chi connectivity index (χ3n) is 3.70. The molecule has 2 aromatic carbocycles. The third kappa shape index (κ3) is 3.09. The average molecular weight is 363 g/mol. The number of hydrogen-bond acceptors (Lipinski definition) is 5. The van der Waals surface area contributed by atoms with E-state index in [0.29, 0.717) is 33.4 Å². The Morgan fingerprint density at radius 2 is 1.83 bits per heavy atom. The van der Waals surface area contributed by atoms with Crippen molar-refractivity contribution in [3.05, 3.63) is 52.1 Å². The van der Waals surface area contributed by atoms with E-state index in [1.807, 2.05) is 6.07 Å². The minimum absolute atomic E-state index is 0.0442. The van der Waals surface area contributed by atoms with Gasteiger partial charge in [0, 0.05) is 26.8 Å². The van der Waals surface area contributed by atoms with Gasteiger partial charge in [-0.2, -0.15) is 0 Å². The van der Waals surface area contributed by atoms with E-state index in [-0.39, 0.29) is 11.5 Å². The summed E-state index contributed by atoms with van der Waals surface area (Å²) in [6, 6.07) is 8.67. The summed E-state index contributed by atoms with van der Waals surface area (Å²) in [6.07, 6.45) is 1.78. The van der Waals surface area contributed by atoms with Crippen LogP contribution in [0.15, 0.2) is 40.8 Å². The van der Waals surface area contributed by atoms with Gasteiger partial charge >= 0.3 is 0 Å². The van der Waals surface area contributed by atoms with Crippen LogP contribution >= 0.6 is 23.4 Å². The molecule has 0 amide bonds. The monoisotopic (exact) mass is 362 g/mol. The Morgan fingerprint density at radius 3 is 2.46 bits per heavy atom. The molecule has 1 aliphatic rings. The molecule has 124 valence electrons. The summed E-state index contributed by atoms with van der Waals surface area (Å²) in [5.74, 6) is 1.04. The predicted molar refractivity (Wildman–Crippen MR) is 95.7 cm³/mol. The van der Waals surface area contributed by atoms with E-state index < -0.39 is 0 Å². The van der Waals surface area contributed by atoms with Gasteiger partial charge in [-0.1, -0.05) is 11.6 Å². The van der Waals surface area contributed by atoms with Crippen LogP contribution in [0.3, 0.4) is 0 Å². The molecule has 0 fully saturated rings. The number of carbonyl (C=O) groups is 1. The van der Waals surface area contributed by atoms with Gasteiger partial charge < -0.3 is 14.6 Å². The summed E-state index contributed by atoms with van der Waals surface area (Å²) in [4.78, 5) is 13.6. The highest BCUT2D eigenvalue weighted by Gasteiger charge is 2.23. The second kappa shape index (κ2) is 6.79. The number of ketones is 1. The first kappa shape index (κ1) is 16.7. The van der Waals surface area contributed by atoms with Crippen LogP contribution < -0.4 is 9.47 Å². The molecule has 0 aliphatic carbocycles. The van der Waals surface area contributed by atoms with Crippen molar-refractivity contribution >= 4 is 35.2 Å². The SMILES string of the molecule is COc1cc(C=C2CSc3ccc(Cl)cc3C2=O)cc(OC)c1O. The van der Waals surface area contributed by atoms with Gasteiger partial charge in [0.1, 0.15) is 0 Å². The van der Waals surface area contributed by atoms with Gasteiger partial charge in [-0.25, -0.2) is 0 Å². The van der Waals surface area contributed by atoms with Crippen LogP contribution in [0.25, 0.3) is 6.08 Å². The van der Waals surface area contributed by atoms with E-state index in [9.17, 15) is 9.90 Å². The van der Waals surface area contributed by atoms with E-state index >= 15 is 0 Å². The Morgan fingerprint density at radius 1 is 1.17 bits per heavy atom. The van der Waals surface area contributed by atoms with Crippen molar-refractivity contribution in [1.29, 1.82) is 0 Å². The quantitative estimate of drug-likeness (QED) is 0.818. The van der Waals surface area contributed by atoms with Crippen molar-refractivity contribution < 1.29 is 19.4 Å². The van der Waals surface area contributed by atoms with Crippen LogP contribution in [0.1, 0.15) is 15.9 Å². The van der Waals surface area contributed by atoms with Crippen molar-refractivity contribution in [3.63, 3.8) is 0 Å². The molecule has 3 rings (SSSR count). The lowest BCUT2D eigenvalue weighted by atomic mass is 10.0. The lowest BCUT2D eigenvalue weighted by Crippen LogP contribution is -2.12. The number of phenols is 1. The zero-order valence-corrected chi connectivity index (χ0v) is 14.7. The van der Waals surface area contributed by atoms with Crippen LogP contribution in [-0.2, 0) is 0 Å². The minimum Gasteiger partial charge on any atom is -0.502 e. The van der Waals surface area contributed by atoms with Crippen molar-refractivity contribution in [2.75, 3.05) is 20.0 Å². The highest BCUT2D eigenvalue weighted by atomic mass is 35.5. The van der Waals surface area contributed by atoms with Gasteiger partial charge in [-0.05, 0) is 42.0 Å². The van der Waals surface area contributed by atoms with Gasteiger partial charge in [0.05, 0.1) is 14.2 Å². The van der Waals surface area contributed by atoms with E-state index in [1.165, 1.54) is 14.2 Å². The number of carbonyl (C=O) groups excluding carboxylic acids is 1. The molecule has 0 spiro atoms. The Kier molecular flexibility index (Phi) is 4.73. The number of hydrogen-bond donors (Lipinski definition) is 1. The number of ether oxygens (including phenoxy) is 2. The lowest BCUT2D eigenvalue weighted by molar-refractivity contribution is 0.103. The van der Waals surface area contributed by atoms with Gasteiger partial charge in [-0.15, -0.1) is 11.8 Å². The molecule has 0 radical (unpaired) electrons. The van der Waals surface area contributed by atoms with Crippen LogP contribution in [0, 0.1) is 0 Å². The largest absolute Gasteiger partial charge is 0.502 e. The molecule has 6 heteroatoms. The smallest absolute Gasteiger partial charge is 0.200 e. The molecule has 0 bridgehead atoms. The number of benzene rings is 2. The molecule has 1 aliphatic heterocycles. The fourth-order valence-electron chi connectivity index (χ4n) is 2.51. The maximum atomic E-state index is 12.7. The zero-order valence-electron chi connectivity index (χ0n) is 13.1. The molecular formula is C18H15ClO4S. The Bertz CT molecular complexity index is 820.